The number of alkyl halides is 2. The lowest BCUT2D eigenvalue weighted by atomic mass is 10.3. The molecule has 0 aromatic rings. The van der Waals surface area contributed by atoms with Crippen LogP contribution in [0.15, 0.2) is 0 Å². The van der Waals surface area contributed by atoms with Gasteiger partial charge in [-0.05, 0) is 14.0 Å². The lowest BCUT2D eigenvalue weighted by molar-refractivity contribution is -0.117. The molecule has 0 bridgehead atoms. The molecule has 0 saturated heterocycles. The minimum Gasteiger partial charge on any atom is -0.300 e. The van der Waals surface area contributed by atoms with E-state index in [2.05, 4.69) is 0 Å². The molecule has 66 valence electrons. The normalized spacial score (nSPS) is 11.1. The zero-order valence-electron chi connectivity index (χ0n) is 6.81. The van der Waals surface area contributed by atoms with Crippen molar-refractivity contribution in [1.82, 2.24) is 4.90 Å². The van der Waals surface area contributed by atoms with Crippen molar-refractivity contribution in [3.63, 3.8) is 0 Å². The van der Waals surface area contributed by atoms with E-state index in [9.17, 15) is 13.6 Å². The monoisotopic (exact) mass is 165 g/mol. The second-order valence-corrected chi connectivity index (χ2v) is 2.61. The van der Waals surface area contributed by atoms with E-state index in [1.54, 1.807) is 7.05 Å². The molecule has 0 unspecified atom stereocenters. The summed E-state index contributed by atoms with van der Waals surface area (Å²) in [6.07, 6.45) is -1.96. The van der Waals surface area contributed by atoms with Gasteiger partial charge in [0.2, 0.25) is 0 Å². The quantitative estimate of drug-likeness (QED) is 0.609. The number of rotatable bonds is 5. The van der Waals surface area contributed by atoms with Crippen molar-refractivity contribution in [3.05, 3.63) is 0 Å². The van der Waals surface area contributed by atoms with E-state index in [-0.39, 0.29) is 12.3 Å². The van der Waals surface area contributed by atoms with Crippen LogP contribution in [0.3, 0.4) is 0 Å². The Morgan fingerprint density at radius 2 is 2.09 bits per heavy atom. The molecule has 0 aromatic heterocycles. The zero-order chi connectivity index (χ0) is 8.85. The zero-order valence-corrected chi connectivity index (χ0v) is 6.81. The molecule has 0 radical (unpaired) electrons. The van der Waals surface area contributed by atoms with E-state index < -0.39 is 6.43 Å². The molecule has 0 heterocycles. The van der Waals surface area contributed by atoms with E-state index in [1.807, 2.05) is 0 Å². The maximum absolute atomic E-state index is 11.7. The Balaban J connectivity index is 3.37. The summed E-state index contributed by atoms with van der Waals surface area (Å²) in [5.41, 5.74) is 0. The van der Waals surface area contributed by atoms with Gasteiger partial charge in [-0.2, -0.15) is 0 Å². The fourth-order valence-electron chi connectivity index (χ4n) is 0.675. The lowest BCUT2D eigenvalue weighted by Crippen LogP contribution is -2.26. The Bertz CT molecular complexity index is 128. The van der Waals surface area contributed by atoms with Crippen molar-refractivity contribution < 1.29 is 13.6 Å². The molecule has 4 heteroatoms. The number of Topliss-reactive ketones (excluding diaryl/α,β-unsaturated/α-hetero) is 1. The van der Waals surface area contributed by atoms with Crippen molar-refractivity contribution in [2.45, 2.75) is 19.8 Å². The Morgan fingerprint density at radius 1 is 1.55 bits per heavy atom. The summed E-state index contributed by atoms with van der Waals surface area (Å²) in [6.45, 7) is 1.61. The molecule has 0 fully saturated rings. The summed E-state index contributed by atoms with van der Waals surface area (Å²) in [5, 5.41) is 0. The number of carbonyl (C=O) groups is 1. The molecule has 0 rings (SSSR count). The largest absolute Gasteiger partial charge is 0.300 e. The lowest BCUT2D eigenvalue weighted by Gasteiger charge is -2.14. The SMILES string of the molecule is CC(=O)CCN(C)CC(F)F. The van der Waals surface area contributed by atoms with Crippen molar-refractivity contribution in [2.24, 2.45) is 0 Å². The summed E-state index contributed by atoms with van der Waals surface area (Å²) < 4.78 is 23.4. The second kappa shape index (κ2) is 5.18. The molecule has 0 N–H and O–H groups in total. The molecular weight excluding hydrogens is 152 g/mol. The molecule has 0 atom stereocenters. The Morgan fingerprint density at radius 3 is 2.45 bits per heavy atom. The first-order valence-electron chi connectivity index (χ1n) is 3.48. The average Bonchev–Trinajstić information content (AvgIpc) is 1.82. The van der Waals surface area contributed by atoms with Crippen LogP contribution >= 0.6 is 0 Å². The Labute approximate surface area is 65.2 Å². The highest BCUT2D eigenvalue weighted by molar-refractivity contribution is 5.75. The topological polar surface area (TPSA) is 20.3 Å². The molecular formula is C7H13F2NO. The molecule has 0 aromatic carbocycles. The number of ketones is 1. The number of halogens is 2. The minimum atomic E-state index is -2.31. The summed E-state index contributed by atoms with van der Waals surface area (Å²) in [6, 6.07) is 0. The first-order chi connectivity index (χ1) is 5.02. The molecule has 0 saturated carbocycles. The third-order valence-electron chi connectivity index (χ3n) is 1.30. The number of hydrogen-bond donors (Lipinski definition) is 0. The van der Waals surface area contributed by atoms with Gasteiger partial charge in [0.25, 0.3) is 6.43 Å². The van der Waals surface area contributed by atoms with Gasteiger partial charge in [0.05, 0.1) is 6.54 Å². The predicted octanol–water partition coefficient (Wildman–Crippen LogP) is 1.16. The van der Waals surface area contributed by atoms with Gasteiger partial charge in [0.15, 0.2) is 0 Å². The molecule has 2 nitrogen and oxygen atoms in total. The van der Waals surface area contributed by atoms with E-state index in [1.165, 1.54) is 11.8 Å². The smallest absolute Gasteiger partial charge is 0.251 e. The molecule has 0 spiro atoms. The Hall–Kier alpha value is -0.510. The van der Waals surface area contributed by atoms with E-state index in [0.29, 0.717) is 13.0 Å². The molecule has 11 heavy (non-hydrogen) atoms. The van der Waals surface area contributed by atoms with Gasteiger partial charge >= 0.3 is 0 Å². The van der Waals surface area contributed by atoms with Crippen LogP contribution in [-0.4, -0.2) is 37.2 Å². The van der Waals surface area contributed by atoms with Crippen molar-refractivity contribution in [3.8, 4) is 0 Å². The van der Waals surface area contributed by atoms with Crippen molar-refractivity contribution in [2.75, 3.05) is 20.1 Å². The van der Waals surface area contributed by atoms with Crippen molar-refractivity contribution in [1.29, 1.82) is 0 Å². The summed E-state index contributed by atoms with van der Waals surface area (Å²) >= 11 is 0. The third kappa shape index (κ3) is 7.39. The van der Waals surface area contributed by atoms with E-state index in [4.69, 9.17) is 0 Å². The van der Waals surface area contributed by atoms with Gasteiger partial charge in [-0.25, -0.2) is 8.78 Å². The highest BCUT2D eigenvalue weighted by Crippen LogP contribution is 1.96. The van der Waals surface area contributed by atoms with Crippen LogP contribution in [0.4, 0.5) is 8.78 Å². The van der Waals surface area contributed by atoms with Crippen LogP contribution in [0.5, 0.6) is 0 Å². The van der Waals surface area contributed by atoms with Crippen LogP contribution in [0.25, 0.3) is 0 Å². The minimum absolute atomic E-state index is 0.0334. The standard InChI is InChI=1S/C7H13F2NO/c1-6(11)3-4-10(2)5-7(8)9/h7H,3-5H2,1-2H3. The van der Waals surface area contributed by atoms with Gasteiger partial charge in [0.1, 0.15) is 5.78 Å². The second-order valence-electron chi connectivity index (χ2n) is 2.61. The maximum Gasteiger partial charge on any atom is 0.251 e. The van der Waals surface area contributed by atoms with Crippen LogP contribution in [0.1, 0.15) is 13.3 Å². The molecule has 0 aliphatic carbocycles. The summed E-state index contributed by atoms with van der Waals surface area (Å²) in [5.74, 6) is 0.0334. The van der Waals surface area contributed by atoms with Crippen LogP contribution in [0.2, 0.25) is 0 Å². The Kier molecular flexibility index (Phi) is 4.94. The third-order valence-corrected chi connectivity index (χ3v) is 1.30. The number of nitrogens with zero attached hydrogens (tertiary/aromatic N) is 1. The molecule has 0 aliphatic heterocycles. The van der Waals surface area contributed by atoms with Crippen LogP contribution in [0, 0.1) is 0 Å². The number of hydrogen-bond acceptors (Lipinski definition) is 2. The van der Waals surface area contributed by atoms with Gasteiger partial charge in [-0.3, -0.25) is 4.79 Å². The van der Waals surface area contributed by atoms with Gasteiger partial charge in [-0.15, -0.1) is 0 Å². The first kappa shape index (κ1) is 10.5. The number of carbonyl (C=O) groups excluding carboxylic acids is 1. The van der Waals surface area contributed by atoms with Crippen LogP contribution < -0.4 is 0 Å². The molecule has 0 amide bonds. The van der Waals surface area contributed by atoms with Crippen LogP contribution in [-0.2, 0) is 4.79 Å². The van der Waals surface area contributed by atoms with Gasteiger partial charge in [-0.1, -0.05) is 0 Å². The summed E-state index contributed by atoms with van der Waals surface area (Å²) in [4.78, 5) is 11.9. The predicted molar refractivity (Wildman–Crippen MR) is 38.8 cm³/mol. The van der Waals surface area contributed by atoms with Crippen molar-refractivity contribution >= 4 is 5.78 Å². The average molecular weight is 165 g/mol. The highest BCUT2D eigenvalue weighted by Gasteiger charge is 2.07. The first-order valence-corrected chi connectivity index (χ1v) is 3.48. The van der Waals surface area contributed by atoms with Gasteiger partial charge in [0, 0.05) is 13.0 Å². The van der Waals surface area contributed by atoms with E-state index >= 15 is 0 Å². The fourth-order valence-corrected chi connectivity index (χ4v) is 0.675. The maximum atomic E-state index is 11.7. The highest BCUT2D eigenvalue weighted by atomic mass is 19.3. The summed E-state index contributed by atoms with van der Waals surface area (Å²) in [7, 11) is 1.58. The van der Waals surface area contributed by atoms with E-state index in [0.717, 1.165) is 0 Å². The van der Waals surface area contributed by atoms with Gasteiger partial charge < -0.3 is 4.90 Å². The fraction of sp³-hybridized carbons (Fsp3) is 0.857. The molecule has 0 aliphatic rings.